The molecule has 0 fully saturated rings. The van der Waals surface area contributed by atoms with Gasteiger partial charge in [-0.15, -0.1) is 0 Å². The average molecular weight is 403 g/mol. The summed E-state index contributed by atoms with van der Waals surface area (Å²) in [7, 11) is 1.72. The fourth-order valence-corrected chi connectivity index (χ4v) is 3.82. The quantitative estimate of drug-likeness (QED) is 0.295. The van der Waals surface area contributed by atoms with Gasteiger partial charge < -0.3 is 10.2 Å². The molecule has 4 aromatic carbocycles. The zero-order chi connectivity index (χ0) is 21.2. The zero-order valence-corrected chi connectivity index (χ0v) is 17.1. The van der Waals surface area contributed by atoms with Crippen molar-refractivity contribution in [2.75, 3.05) is 7.05 Å². The summed E-state index contributed by atoms with van der Waals surface area (Å²) in [5, 5.41) is 2.11. The number of nitrogens with two attached hydrogens (primary N) is 1. The molecule has 2 N–H and O–H groups in total. The summed E-state index contributed by atoms with van der Waals surface area (Å²) in [6.07, 6.45) is 0. The summed E-state index contributed by atoms with van der Waals surface area (Å²) in [6, 6.07) is 32.3. The van der Waals surface area contributed by atoms with Gasteiger partial charge in [0.05, 0.1) is 5.56 Å². The highest BCUT2D eigenvalue weighted by atomic mass is 16.3. The van der Waals surface area contributed by atoms with Gasteiger partial charge in [-0.05, 0) is 29.3 Å². The molecular formula is C27H21N3O. The van der Waals surface area contributed by atoms with Gasteiger partial charge in [0.2, 0.25) is 0 Å². The molecule has 0 bridgehead atoms. The third kappa shape index (κ3) is 3.49. The molecule has 0 aliphatic heterocycles. The number of rotatable bonds is 3. The van der Waals surface area contributed by atoms with E-state index in [0.29, 0.717) is 11.7 Å². The van der Waals surface area contributed by atoms with Crippen LogP contribution in [0, 0.1) is 0 Å². The molecular weight excluding hydrogens is 382 g/mol. The number of benzene rings is 4. The van der Waals surface area contributed by atoms with Gasteiger partial charge in [0.1, 0.15) is 17.0 Å². The Kier molecular flexibility index (Phi) is 4.81. The van der Waals surface area contributed by atoms with E-state index in [1.54, 1.807) is 7.05 Å². The lowest BCUT2D eigenvalue weighted by atomic mass is 10.0. The molecule has 0 atom stereocenters. The van der Waals surface area contributed by atoms with Crippen LogP contribution in [0.15, 0.2) is 111 Å². The number of amidine groups is 2. The van der Waals surface area contributed by atoms with Crippen LogP contribution < -0.4 is 5.73 Å². The van der Waals surface area contributed by atoms with Crippen molar-refractivity contribution in [1.82, 2.24) is 0 Å². The maximum Gasteiger partial charge on any atom is 0.160 e. The molecule has 5 rings (SSSR count). The standard InChI is InChI=1S/C27H21N3O/c1-29-27(23-15-8-14-22-21-13-5-6-16-24(21)31-25(22)23)30-26(28)20-12-7-11-19(17-20)18-9-3-2-4-10-18/h2-17H,1H3,(H2,28,29,30). The maximum absolute atomic E-state index is 6.41. The minimum Gasteiger partial charge on any atom is -0.455 e. The van der Waals surface area contributed by atoms with Crippen LogP contribution in [0.3, 0.4) is 0 Å². The van der Waals surface area contributed by atoms with Crippen LogP contribution in [0.4, 0.5) is 0 Å². The van der Waals surface area contributed by atoms with Crippen molar-refractivity contribution in [3.8, 4) is 11.1 Å². The first-order chi connectivity index (χ1) is 15.2. The van der Waals surface area contributed by atoms with Crippen LogP contribution >= 0.6 is 0 Å². The Morgan fingerprint density at radius 2 is 1.45 bits per heavy atom. The Balaban J connectivity index is 1.57. The van der Waals surface area contributed by atoms with E-state index in [-0.39, 0.29) is 0 Å². The Bertz CT molecular complexity index is 1450. The number of hydrogen-bond donors (Lipinski definition) is 1. The lowest BCUT2D eigenvalue weighted by molar-refractivity contribution is 0.668. The summed E-state index contributed by atoms with van der Waals surface area (Å²) in [5.74, 6) is 0.943. The molecule has 0 amide bonds. The second kappa shape index (κ2) is 7.92. The molecule has 1 aromatic heterocycles. The molecule has 5 aromatic rings. The molecule has 4 nitrogen and oxygen atoms in total. The molecule has 0 radical (unpaired) electrons. The monoisotopic (exact) mass is 403 g/mol. The largest absolute Gasteiger partial charge is 0.455 e. The Morgan fingerprint density at radius 1 is 0.742 bits per heavy atom. The topological polar surface area (TPSA) is 63.9 Å². The normalized spacial score (nSPS) is 12.5. The predicted molar refractivity (Wildman–Crippen MR) is 129 cm³/mol. The van der Waals surface area contributed by atoms with Crippen molar-refractivity contribution in [3.63, 3.8) is 0 Å². The van der Waals surface area contributed by atoms with Gasteiger partial charge >= 0.3 is 0 Å². The fraction of sp³-hybridized carbons (Fsp3) is 0.0370. The lowest BCUT2D eigenvalue weighted by Crippen LogP contribution is -2.16. The van der Waals surface area contributed by atoms with E-state index in [1.165, 1.54) is 0 Å². The van der Waals surface area contributed by atoms with Crippen molar-refractivity contribution in [3.05, 3.63) is 108 Å². The lowest BCUT2D eigenvalue weighted by Gasteiger charge is -2.07. The summed E-state index contributed by atoms with van der Waals surface area (Å²) >= 11 is 0. The van der Waals surface area contributed by atoms with Crippen LogP contribution in [0.5, 0.6) is 0 Å². The highest BCUT2D eigenvalue weighted by Crippen LogP contribution is 2.31. The minimum absolute atomic E-state index is 0.409. The molecule has 0 spiro atoms. The second-order valence-electron chi connectivity index (χ2n) is 7.27. The first-order valence-electron chi connectivity index (χ1n) is 10.1. The first-order valence-corrected chi connectivity index (χ1v) is 10.1. The first kappa shape index (κ1) is 18.8. The van der Waals surface area contributed by atoms with Crippen molar-refractivity contribution in [2.24, 2.45) is 15.7 Å². The van der Waals surface area contributed by atoms with E-state index in [4.69, 9.17) is 10.2 Å². The van der Waals surface area contributed by atoms with Gasteiger partial charge in [-0.1, -0.05) is 78.9 Å². The van der Waals surface area contributed by atoms with Crippen LogP contribution in [-0.4, -0.2) is 18.7 Å². The van der Waals surface area contributed by atoms with Crippen molar-refractivity contribution >= 4 is 33.6 Å². The molecule has 0 saturated carbocycles. The molecule has 0 unspecified atom stereocenters. The van der Waals surface area contributed by atoms with Crippen LogP contribution in [0.1, 0.15) is 11.1 Å². The molecule has 0 aliphatic carbocycles. The van der Waals surface area contributed by atoms with Gasteiger partial charge in [0.25, 0.3) is 0 Å². The summed E-state index contributed by atoms with van der Waals surface area (Å²) in [5.41, 5.74) is 11.9. The molecule has 4 heteroatoms. The number of nitrogens with zero attached hydrogens (tertiary/aromatic N) is 2. The number of para-hydroxylation sites is 2. The van der Waals surface area contributed by atoms with Crippen molar-refractivity contribution < 1.29 is 4.42 Å². The molecule has 150 valence electrons. The minimum atomic E-state index is 0.409. The van der Waals surface area contributed by atoms with E-state index in [9.17, 15) is 0 Å². The predicted octanol–water partition coefficient (Wildman–Crippen LogP) is 6.03. The van der Waals surface area contributed by atoms with Gasteiger partial charge in [-0.3, -0.25) is 4.99 Å². The molecule has 1 heterocycles. The fourth-order valence-electron chi connectivity index (χ4n) is 3.82. The van der Waals surface area contributed by atoms with E-state index in [1.807, 2.05) is 72.8 Å². The SMILES string of the molecule is CN=C(N=C(N)c1cccc(-c2ccccc2)c1)c1cccc2c1oc1ccccc12. The molecule has 0 saturated heterocycles. The number of fused-ring (bicyclic) bond motifs is 3. The van der Waals surface area contributed by atoms with Gasteiger partial charge in [-0.25, -0.2) is 4.99 Å². The summed E-state index contributed by atoms with van der Waals surface area (Å²) in [6.45, 7) is 0. The Labute approximate surface area is 180 Å². The van der Waals surface area contributed by atoms with Crippen molar-refractivity contribution in [1.29, 1.82) is 0 Å². The van der Waals surface area contributed by atoms with Crippen molar-refractivity contribution in [2.45, 2.75) is 0 Å². The highest BCUT2D eigenvalue weighted by Gasteiger charge is 2.14. The Morgan fingerprint density at radius 3 is 2.29 bits per heavy atom. The Hall–Kier alpha value is -4.18. The van der Waals surface area contributed by atoms with Crippen LogP contribution in [0.2, 0.25) is 0 Å². The number of furan rings is 1. The van der Waals surface area contributed by atoms with Gasteiger partial charge in [0.15, 0.2) is 5.84 Å². The number of aliphatic imine (C=N–C) groups is 2. The molecule has 0 aliphatic rings. The third-order valence-corrected chi connectivity index (χ3v) is 5.35. The van der Waals surface area contributed by atoms with E-state index >= 15 is 0 Å². The van der Waals surface area contributed by atoms with E-state index < -0.39 is 0 Å². The molecule has 31 heavy (non-hydrogen) atoms. The van der Waals surface area contributed by atoms with Gasteiger partial charge in [0, 0.05) is 23.4 Å². The summed E-state index contributed by atoms with van der Waals surface area (Å²) < 4.78 is 6.14. The highest BCUT2D eigenvalue weighted by molar-refractivity contribution is 6.18. The van der Waals surface area contributed by atoms with E-state index in [0.717, 1.165) is 44.2 Å². The van der Waals surface area contributed by atoms with E-state index in [2.05, 4.69) is 34.3 Å². The van der Waals surface area contributed by atoms with Crippen LogP contribution in [0.25, 0.3) is 33.1 Å². The maximum atomic E-state index is 6.41. The third-order valence-electron chi connectivity index (χ3n) is 5.35. The summed E-state index contributed by atoms with van der Waals surface area (Å²) in [4.78, 5) is 9.09. The van der Waals surface area contributed by atoms with Gasteiger partial charge in [-0.2, -0.15) is 0 Å². The second-order valence-corrected chi connectivity index (χ2v) is 7.27. The number of hydrogen-bond acceptors (Lipinski definition) is 2. The van der Waals surface area contributed by atoms with Crippen LogP contribution in [-0.2, 0) is 0 Å². The average Bonchev–Trinajstić information content (AvgIpc) is 3.22. The smallest absolute Gasteiger partial charge is 0.160 e. The zero-order valence-electron chi connectivity index (χ0n) is 17.1.